The largest absolute Gasteiger partial charge is 0.347 e. The van der Waals surface area contributed by atoms with E-state index in [-0.39, 0.29) is 5.91 Å². The zero-order chi connectivity index (χ0) is 15.2. The van der Waals surface area contributed by atoms with Crippen molar-refractivity contribution in [3.8, 4) is 11.3 Å². The summed E-state index contributed by atoms with van der Waals surface area (Å²) in [5, 5.41) is 5.36. The van der Waals surface area contributed by atoms with E-state index < -0.39 is 5.54 Å². The maximum atomic E-state index is 12.4. The third-order valence-corrected chi connectivity index (χ3v) is 4.20. The van der Waals surface area contributed by atoms with Gasteiger partial charge in [-0.15, -0.1) is 0 Å². The Hall–Kier alpha value is -1.81. The van der Waals surface area contributed by atoms with Crippen LogP contribution >= 0.6 is 11.6 Å². The number of rotatable bonds is 3. The van der Waals surface area contributed by atoms with E-state index in [1.165, 1.54) is 0 Å². The average molecular weight is 304 g/mol. The van der Waals surface area contributed by atoms with Crippen molar-refractivity contribution in [3.63, 3.8) is 0 Å². The second-order valence-electron chi connectivity index (χ2n) is 5.85. The highest BCUT2D eigenvalue weighted by molar-refractivity contribution is 6.30. The standard InChI is InChI=1S/C16H18ClN3O/c1-11-10-20(16(7-8-16)15(21)19(2)3)18-14(11)12-5-4-6-13(17)9-12/h4-6,9-10H,7-8H2,1-3H3. The lowest BCUT2D eigenvalue weighted by atomic mass is 10.1. The monoisotopic (exact) mass is 303 g/mol. The molecule has 0 unspecified atom stereocenters. The molecule has 2 aromatic rings. The minimum atomic E-state index is -0.481. The van der Waals surface area contributed by atoms with Gasteiger partial charge in [0.05, 0.1) is 5.69 Å². The van der Waals surface area contributed by atoms with E-state index in [2.05, 4.69) is 5.10 Å². The van der Waals surface area contributed by atoms with Gasteiger partial charge in [0.2, 0.25) is 5.91 Å². The van der Waals surface area contributed by atoms with Crippen LogP contribution in [0.25, 0.3) is 11.3 Å². The maximum absolute atomic E-state index is 12.4. The van der Waals surface area contributed by atoms with Crippen LogP contribution in [0.1, 0.15) is 18.4 Å². The summed E-state index contributed by atoms with van der Waals surface area (Å²) in [5.41, 5.74) is 2.43. The number of hydrogen-bond donors (Lipinski definition) is 0. The Morgan fingerprint density at radius 2 is 2.10 bits per heavy atom. The molecule has 0 N–H and O–H groups in total. The summed E-state index contributed by atoms with van der Waals surface area (Å²) in [6, 6.07) is 7.64. The van der Waals surface area contributed by atoms with Gasteiger partial charge >= 0.3 is 0 Å². The molecule has 4 nitrogen and oxygen atoms in total. The van der Waals surface area contributed by atoms with Crippen LogP contribution in [0.3, 0.4) is 0 Å². The zero-order valence-corrected chi connectivity index (χ0v) is 13.2. The summed E-state index contributed by atoms with van der Waals surface area (Å²) >= 11 is 6.05. The summed E-state index contributed by atoms with van der Waals surface area (Å²) in [6.07, 6.45) is 3.66. The van der Waals surface area contributed by atoms with E-state index in [9.17, 15) is 4.79 Å². The van der Waals surface area contributed by atoms with Crippen molar-refractivity contribution in [2.24, 2.45) is 0 Å². The summed E-state index contributed by atoms with van der Waals surface area (Å²) in [7, 11) is 3.58. The first-order valence-corrected chi connectivity index (χ1v) is 7.36. The molecule has 1 aromatic carbocycles. The van der Waals surface area contributed by atoms with E-state index in [0.29, 0.717) is 5.02 Å². The molecule has 1 aromatic heterocycles. The smallest absolute Gasteiger partial charge is 0.250 e. The van der Waals surface area contributed by atoms with Crippen LogP contribution in [0, 0.1) is 6.92 Å². The molecule has 1 amide bonds. The van der Waals surface area contributed by atoms with Crippen molar-refractivity contribution in [1.29, 1.82) is 0 Å². The molecule has 1 heterocycles. The quantitative estimate of drug-likeness (QED) is 0.874. The van der Waals surface area contributed by atoms with Crippen LogP contribution in [0.15, 0.2) is 30.5 Å². The van der Waals surface area contributed by atoms with Crippen molar-refractivity contribution >= 4 is 17.5 Å². The Labute approximate surface area is 129 Å². The minimum Gasteiger partial charge on any atom is -0.347 e. The van der Waals surface area contributed by atoms with Crippen LogP contribution in [0.5, 0.6) is 0 Å². The number of carbonyl (C=O) groups excluding carboxylic acids is 1. The molecule has 1 saturated carbocycles. The molecular formula is C16H18ClN3O. The number of likely N-dealkylation sites (N-methyl/N-ethyl adjacent to an activating group) is 1. The predicted molar refractivity (Wildman–Crippen MR) is 83.3 cm³/mol. The second kappa shape index (κ2) is 4.88. The van der Waals surface area contributed by atoms with Crippen molar-refractivity contribution in [1.82, 2.24) is 14.7 Å². The lowest BCUT2D eigenvalue weighted by Crippen LogP contribution is -2.38. The summed E-state index contributed by atoms with van der Waals surface area (Å²) in [4.78, 5) is 14.0. The first kappa shape index (κ1) is 14.1. The van der Waals surface area contributed by atoms with Gasteiger partial charge in [-0.3, -0.25) is 9.48 Å². The summed E-state index contributed by atoms with van der Waals surface area (Å²) in [6.45, 7) is 2.01. The fourth-order valence-electron chi connectivity index (χ4n) is 2.68. The predicted octanol–water partition coefficient (Wildman–Crippen LogP) is 3.09. The molecule has 0 radical (unpaired) electrons. The van der Waals surface area contributed by atoms with Crippen LogP contribution < -0.4 is 0 Å². The fourth-order valence-corrected chi connectivity index (χ4v) is 2.87. The topological polar surface area (TPSA) is 38.1 Å². The Balaban J connectivity index is 2.01. The van der Waals surface area contributed by atoms with E-state index in [0.717, 1.165) is 29.7 Å². The molecule has 3 rings (SSSR count). The third kappa shape index (κ3) is 2.33. The van der Waals surface area contributed by atoms with Crippen LogP contribution in [-0.4, -0.2) is 34.7 Å². The molecule has 0 atom stereocenters. The number of amides is 1. The highest BCUT2D eigenvalue weighted by Gasteiger charge is 2.53. The fraction of sp³-hybridized carbons (Fsp3) is 0.375. The first-order chi connectivity index (χ1) is 9.94. The lowest BCUT2D eigenvalue weighted by Gasteiger charge is -2.20. The third-order valence-electron chi connectivity index (χ3n) is 3.96. The van der Waals surface area contributed by atoms with E-state index >= 15 is 0 Å². The van der Waals surface area contributed by atoms with Gasteiger partial charge < -0.3 is 4.90 Å². The number of halogens is 1. The number of benzene rings is 1. The van der Waals surface area contributed by atoms with Crippen LogP contribution in [-0.2, 0) is 10.3 Å². The Bertz CT molecular complexity index is 701. The van der Waals surface area contributed by atoms with E-state index in [4.69, 9.17) is 11.6 Å². The molecule has 0 spiro atoms. The summed E-state index contributed by atoms with van der Waals surface area (Å²) < 4.78 is 1.83. The number of aryl methyl sites for hydroxylation is 1. The SMILES string of the molecule is Cc1cn(C2(C(=O)N(C)C)CC2)nc1-c1cccc(Cl)c1. The molecular weight excluding hydrogens is 286 g/mol. The van der Waals surface area contributed by atoms with Gasteiger partial charge in [-0.05, 0) is 37.5 Å². The van der Waals surface area contributed by atoms with E-state index in [1.807, 2.05) is 42.1 Å². The van der Waals surface area contributed by atoms with Gasteiger partial charge in [-0.1, -0.05) is 23.7 Å². The Morgan fingerprint density at radius 3 is 2.67 bits per heavy atom. The minimum absolute atomic E-state index is 0.114. The Morgan fingerprint density at radius 1 is 1.38 bits per heavy atom. The average Bonchev–Trinajstić information content (AvgIpc) is 3.15. The zero-order valence-electron chi connectivity index (χ0n) is 12.4. The molecule has 21 heavy (non-hydrogen) atoms. The molecule has 0 saturated heterocycles. The van der Waals surface area contributed by atoms with Gasteiger partial charge in [-0.2, -0.15) is 5.10 Å². The molecule has 0 aliphatic heterocycles. The summed E-state index contributed by atoms with van der Waals surface area (Å²) in [5.74, 6) is 0.114. The molecule has 0 bridgehead atoms. The first-order valence-electron chi connectivity index (χ1n) is 6.98. The van der Waals surface area contributed by atoms with Gasteiger partial charge in [0.15, 0.2) is 0 Å². The number of aromatic nitrogens is 2. The number of carbonyl (C=O) groups is 1. The van der Waals surface area contributed by atoms with Crippen molar-refractivity contribution in [2.45, 2.75) is 25.3 Å². The van der Waals surface area contributed by atoms with Crippen LogP contribution in [0.2, 0.25) is 5.02 Å². The van der Waals surface area contributed by atoms with Crippen LogP contribution in [0.4, 0.5) is 0 Å². The Kier molecular flexibility index (Phi) is 3.29. The van der Waals surface area contributed by atoms with Gasteiger partial charge in [-0.25, -0.2) is 0 Å². The highest BCUT2D eigenvalue weighted by Crippen LogP contribution is 2.45. The van der Waals surface area contributed by atoms with Gasteiger partial charge in [0, 0.05) is 30.9 Å². The second-order valence-corrected chi connectivity index (χ2v) is 6.28. The maximum Gasteiger partial charge on any atom is 0.250 e. The normalized spacial score (nSPS) is 15.8. The number of hydrogen-bond acceptors (Lipinski definition) is 2. The van der Waals surface area contributed by atoms with Gasteiger partial charge in [0.25, 0.3) is 0 Å². The molecule has 5 heteroatoms. The van der Waals surface area contributed by atoms with Crippen molar-refractivity contribution < 1.29 is 4.79 Å². The molecule has 1 aliphatic carbocycles. The molecule has 1 fully saturated rings. The van der Waals surface area contributed by atoms with Crippen molar-refractivity contribution in [2.75, 3.05) is 14.1 Å². The molecule has 110 valence electrons. The van der Waals surface area contributed by atoms with Crippen molar-refractivity contribution in [3.05, 3.63) is 41.0 Å². The highest BCUT2D eigenvalue weighted by atomic mass is 35.5. The van der Waals surface area contributed by atoms with E-state index in [1.54, 1.807) is 19.0 Å². The molecule has 1 aliphatic rings. The lowest BCUT2D eigenvalue weighted by molar-refractivity contribution is -0.133. The van der Waals surface area contributed by atoms with Gasteiger partial charge in [0.1, 0.15) is 5.54 Å². The number of nitrogens with zero attached hydrogens (tertiary/aromatic N) is 3.